The van der Waals surface area contributed by atoms with E-state index in [9.17, 15) is 0 Å². The van der Waals surface area contributed by atoms with Gasteiger partial charge in [-0.25, -0.2) is 0 Å². The van der Waals surface area contributed by atoms with Crippen molar-refractivity contribution < 1.29 is 0 Å². The summed E-state index contributed by atoms with van der Waals surface area (Å²) in [6.45, 7) is 12.8. The van der Waals surface area contributed by atoms with E-state index in [4.69, 9.17) is 0 Å². The first-order chi connectivity index (χ1) is 8.11. The molecule has 0 aromatic heterocycles. The Morgan fingerprint density at radius 3 is 1.65 bits per heavy atom. The monoisotopic (exact) mass is 220 g/mol. The number of fused-ring (bicyclic) bond motifs is 2. The smallest absolute Gasteiger partial charge is 0.00250 e. The zero-order chi connectivity index (χ0) is 12.2. The summed E-state index contributed by atoms with van der Waals surface area (Å²) in [5.74, 6) is 0. The van der Waals surface area contributed by atoms with Crippen LogP contribution in [0.5, 0.6) is 0 Å². The first kappa shape index (κ1) is 10.3. The van der Waals surface area contributed by atoms with Gasteiger partial charge in [-0.05, 0) is 64.4 Å². The molecule has 0 bridgehead atoms. The molecule has 1 aliphatic rings. The van der Waals surface area contributed by atoms with Gasteiger partial charge in [0, 0.05) is 0 Å². The lowest BCUT2D eigenvalue weighted by Gasteiger charge is -2.14. The SMILES string of the molecule is C=C1CC(=C)c2c1c(C)c1ccccc1c2C. The molecule has 2 aromatic rings. The molecular formula is C17H16. The zero-order valence-corrected chi connectivity index (χ0v) is 10.4. The Labute approximate surface area is 102 Å². The molecule has 0 unspecified atom stereocenters. The molecule has 0 heteroatoms. The fourth-order valence-electron chi connectivity index (χ4n) is 3.10. The van der Waals surface area contributed by atoms with Crippen LogP contribution in [0.1, 0.15) is 28.7 Å². The van der Waals surface area contributed by atoms with E-state index in [0.29, 0.717) is 0 Å². The largest absolute Gasteiger partial charge is 0.0949 e. The van der Waals surface area contributed by atoms with Gasteiger partial charge >= 0.3 is 0 Å². The third kappa shape index (κ3) is 1.24. The van der Waals surface area contributed by atoms with Crippen molar-refractivity contribution in [1.29, 1.82) is 0 Å². The van der Waals surface area contributed by atoms with Gasteiger partial charge in [-0.3, -0.25) is 0 Å². The van der Waals surface area contributed by atoms with Gasteiger partial charge in [-0.15, -0.1) is 0 Å². The maximum absolute atomic E-state index is 4.19. The lowest BCUT2D eigenvalue weighted by Crippen LogP contribution is -1.93. The third-order valence-electron chi connectivity index (χ3n) is 3.87. The van der Waals surface area contributed by atoms with Gasteiger partial charge in [0.1, 0.15) is 0 Å². The highest BCUT2D eigenvalue weighted by Gasteiger charge is 2.24. The summed E-state index contributed by atoms with van der Waals surface area (Å²) in [5, 5.41) is 2.69. The van der Waals surface area contributed by atoms with Crippen LogP contribution in [-0.2, 0) is 0 Å². The number of benzene rings is 2. The predicted octanol–water partition coefficient (Wildman–Crippen LogP) is 4.89. The normalized spacial score (nSPS) is 14.5. The molecule has 0 spiro atoms. The number of hydrogen-bond donors (Lipinski definition) is 0. The second kappa shape index (κ2) is 3.33. The average Bonchev–Trinajstić information content (AvgIpc) is 2.62. The molecule has 0 fully saturated rings. The van der Waals surface area contributed by atoms with Gasteiger partial charge in [0.25, 0.3) is 0 Å². The quantitative estimate of drug-likeness (QED) is 0.593. The molecule has 84 valence electrons. The standard InChI is InChI=1S/C17H16/c1-10-9-11(2)17-13(4)15-8-6-5-7-14(15)12(3)16(10)17/h5-8H,1-2,9H2,3-4H3. The Hall–Kier alpha value is -1.82. The van der Waals surface area contributed by atoms with Crippen LogP contribution in [0.25, 0.3) is 21.9 Å². The van der Waals surface area contributed by atoms with E-state index in [0.717, 1.165) is 6.42 Å². The molecule has 0 atom stereocenters. The second-order valence-electron chi connectivity index (χ2n) is 4.93. The topological polar surface area (TPSA) is 0 Å². The van der Waals surface area contributed by atoms with Gasteiger partial charge < -0.3 is 0 Å². The van der Waals surface area contributed by atoms with Gasteiger partial charge in [0.2, 0.25) is 0 Å². The van der Waals surface area contributed by atoms with Crippen molar-refractivity contribution in [3.63, 3.8) is 0 Å². The van der Waals surface area contributed by atoms with Crippen LogP contribution in [0.15, 0.2) is 37.4 Å². The Bertz CT molecular complexity index is 613. The summed E-state index contributed by atoms with van der Waals surface area (Å²) >= 11 is 0. The lowest BCUT2D eigenvalue weighted by atomic mass is 9.90. The van der Waals surface area contributed by atoms with Crippen molar-refractivity contribution in [3.8, 4) is 0 Å². The summed E-state index contributed by atoms with van der Waals surface area (Å²) in [6, 6.07) is 8.61. The minimum absolute atomic E-state index is 0.924. The highest BCUT2D eigenvalue weighted by Crippen LogP contribution is 2.45. The van der Waals surface area contributed by atoms with E-state index in [-0.39, 0.29) is 0 Å². The maximum atomic E-state index is 4.19. The summed E-state index contributed by atoms with van der Waals surface area (Å²) < 4.78 is 0. The first-order valence-corrected chi connectivity index (χ1v) is 5.99. The highest BCUT2D eigenvalue weighted by molar-refractivity contribution is 6.03. The van der Waals surface area contributed by atoms with E-state index in [1.165, 1.54) is 44.2 Å². The van der Waals surface area contributed by atoms with Crippen LogP contribution in [0.3, 0.4) is 0 Å². The summed E-state index contributed by atoms with van der Waals surface area (Å²) in [6.07, 6.45) is 0.924. The molecule has 2 aromatic carbocycles. The number of allylic oxidation sites excluding steroid dienone is 2. The number of rotatable bonds is 0. The molecule has 0 nitrogen and oxygen atoms in total. The Morgan fingerprint density at radius 1 is 0.824 bits per heavy atom. The van der Waals surface area contributed by atoms with E-state index in [1.807, 2.05) is 0 Å². The third-order valence-corrected chi connectivity index (χ3v) is 3.87. The molecule has 0 heterocycles. The molecular weight excluding hydrogens is 204 g/mol. The van der Waals surface area contributed by atoms with Crippen molar-refractivity contribution in [2.24, 2.45) is 0 Å². The van der Waals surface area contributed by atoms with Crippen LogP contribution in [0, 0.1) is 13.8 Å². The minimum Gasteiger partial charge on any atom is -0.0949 e. The van der Waals surface area contributed by atoms with Crippen LogP contribution >= 0.6 is 0 Å². The van der Waals surface area contributed by atoms with E-state index in [2.05, 4.69) is 51.3 Å². The molecule has 0 aliphatic heterocycles. The molecule has 0 amide bonds. The molecule has 17 heavy (non-hydrogen) atoms. The fourth-order valence-corrected chi connectivity index (χ4v) is 3.10. The molecule has 3 rings (SSSR count). The van der Waals surface area contributed by atoms with Crippen LogP contribution in [-0.4, -0.2) is 0 Å². The summed E-state index contributed by atoms with van der Waals surface area (Å²) in [5.41, 5.74) is 7.82. The van der Waals surface area contributed by atoms with Crippen molar-refractivity contribution in [2.75, 3.05) is 0 Å². The molecule has 0 saturated heterocycles. The van der Waals surface area contributed by atoms with Crippen LogP contribution in [0.4, 0.5) is 0 Å². The molecule has 0 radical (unpaired) electrons. The van der Waals surface area contributed by atoms with Crippen molar-refractivity contribution in [2.45, 2.75) is 20.3 Å². The maximum Gasteiger partial charge on any atom is -0.00250 e. The lowest BCUT2D eigenvalue weighted by molar-refractivity contribution is 1.41. The Balaban J connectivity index is 2.57. The van der Waals surface area contributed by atoms with Gasteiger partial charge in [0.05, 0.1) is 0 Å². The highest BCUT2D eigenvalue weighted by atomic mass is 14.3. The molecule has 1 aliphatic carbocycles. The van der Waals surface area contributed by atoms with Crippen molar-refractivity contribution >= 4 is 21.9 Å². The molecule has 0 N–H and O–H groups in total. The van der Waals surface area contributed by atoms with E-state index in [1.54, 1.807) is 0 Å². The van der Waals surface area contributed by atoms with Crippen molar-refractivity contribution in [1.82, 2.24) is 0 Å². The first-order valence-electron chi connectivity index (χ1n) is 5.99. The summed E-state index contributed by atoms with van der Waals surface area (Å²) in [7, 11) is 0. The number of hydrogen-bond acceptors (Lipinski definition) is 0. The zero-order valence-electron chi connectivity index (χ0n) is 10.4. The average molecular weight is 220 g/mol. The summed E-state index contributed by atoms with van der Waals surface area (Å²) in [4.78, 5) is 0. The number of aryl methyl sites for hydroxylation is 2. The Kier molecular flexibility index (Phi) is 2.03. The minimum atomic E-state index is 0.924. The van der Waals surface area contributed by atoms with E-state index >= 15 is 0 Å². The Morgan fingerprint density at radius 2 is 1.24 bits per heavy atom. The van der Waals surface area contributed by atoms with Gasteiger partial charge in [-0.2, -0.15) is 0 Å². The van der Waals surface area contributed by atoms with Crippen molar-refractivity contribution in [3.05, 3.63) is 59.7 Å². The van der Waals surface area contributed by atoms with Gasteiger partial charge in [-0.1, -0.05) is 37.4 Å². The second-order valence-corrected chi connectivity index (χ2v) is 4.93. The van der Waals surface area contributed by atoms with Crippen LogP contribution < -0.4 is 0 Å². The fraction of sp³-hybridized carbons (Fsp3) is 0.176. The van der Waals surface area contributed by atoms with E-state index < -0.39 is 0 Å². The van der Waals surface area contributed by atoms with Gasteiger partial charge in [0.15, 0.2) is 0 Å². The predicted molar refractivity (Wildman–Crippen MR) is 76.1 cm³/mol. The van der Waals surface area contributed by atoms with Crippen LogP contribution in [0.2, 0.25) is 0 Å². The molecule has 0 saturated carbocycles.